The monoisotopic (exact) mass is 288 g/mol. The van der Waals surface area contributed by atoms with Crippen molar-refractivity contribution in [2.24, 2.45) is 0 Å². The lowest BCUT2D eigenvalue weighted by Crippen LogP contribution is -2.29. The summed E-state index contributed by atoms with van der Waals surface area (Å²) in [5, 5.41) is 3.39. The zero-order valence-corrected chi connectivity index (χ0v) is 12.6. The third kappa shape index (κ3) is 4.51. The van der Waals surface area contributed by atoms with Gasteiger partial charge in [0, 0.05) is 24.0 Å². The summed E-state index contributed by atoms with van der Waals surface area (Å²) >= 11 is 1.63. The number of hydrogen-bond acceptors (Lipinski definition) is 4. The molecule has 6 heteroatoms. The van der Waals surface area contributed by atoms with Crippen molar-refractivity contribution in [3.05, 3.63) is 24.3 Å². The molecule has 0 saturated heterocycles. The van der Waals surface area contributed by atoms with Crippen LogP contribution in [0.2, 0.25) is 0 Å². The average molecular weight is 288 g/mol. The number of nitrogens with one attached hydrogen (secondary N) is 2. The molecule has 0 saturated carbocycles. The molecule has 0 fully saturated rings. The second-order valence-corrected chi connectivity index (χ2v) is 7.00. The van der Waals surface area contributed by atoms with Gasteiger partial charge < -0.3 is 5.32 Å². The predicted molar refractivity (Wildman–Crippen MR) is 78.8 cm³/mol. The maximum absolute atomic E-state index is 12.0. The Bertz CT molecular complexity index is 457. The molecule has 0 heterocycles. The zero-order chi connectivity index (χ0) is 13.6. The second kappa shape index (κ2) is 7.01. The van der Waals surface area contributed by atoms with Crippen molar-refractivity contribution >= 4 is 27.5 Å². The number of hydrogen-bond donors (Lipinski definition) is 2. The first-order valence-electron chi connectivity index (χ1n) is 5.86. The molecule has 0 aliphatic rings. The Morgan fingerprint density at radius 2 is 1.89 bits per heavy atom. The molecule has 18 heavy (non-hydrogen) atoms. The number of sulfonamides is 1. The van der Waals surface area contributed by atoms with Crippen molar-refractivity contribution in [3.8, 4) is 0 Å². The maximum atomic E-state index is 12.0. The molecule has 0 radical (unpaired) electrons. The second-order valence-electron chi connectivity index (χ2n) is 3.95. The molecule has 0 bridgehead atoms. The normalized spacial score (nSPS) is 13.3. The first-order valence-corrected chi connectivity index (χ1v) is 8.63. The first kappa shape index (κ1) is 15.3. The first-order chi connectivity index (χ1) is 8.49. The van der Waals surface area contributed by atoms with Crippen LogP contribution in [0.4, 0.5) is 5.69 Å². The predicted octanol–water partition coefficient (Wildman–Crippen LogP) is 2.15. The van der Waals surface area contributed by atoms with Gasteiger partial charge in [-0.25, -0.2) is 13.1 Å². The summed E-state index contributed by atoms with van der Waals surface area (Å²) in [5.41, 5.74) is 0.925. The zero-order valence-electron chi connectivity index (χ0n) is 10.9. The summed E-state index contributed by atoms with van der Waals surface area (Å²) in [6.07, 6.45) is 1.96. The summed E-state index contributed by atoms with van der Waals surface area (Å²) in [6, 6.07) is 6.78. The molecule has 0 amide bonds. The van der Waals surface area contributed by atoms with E-state index in [9.17, 15) is 8.42 Å². The summed E-state index contributed by atoms with van der Waals surface area (Å²) < 4.78 is 26.6. The van der Waals surface area contributed by atoms with Crippen molar-refractivity contribution in [2.75, 3.05) is 24.7 Å². The van der Waals surface area contributed by atoms with E-state index in [0.29, 0.717) is 11.4 Å². The van der Waals surface area contributed by atoms with Gasteiger partial charge in [-0.15, -0.1) is 0 Å². The van der Waals surface area contributed by atoms with Gasteiger partial charge in [0.25, 0.3) is 0 Å². The SMILES string of the molecule is CCNc1ccc(S(=O)(=O)NCC(C)SC)cc1. The molecule has 0 spiro atoms. The van der Waals surface area contributed by atoms with E-state index in [4.69, 9.17) is 0 Å². The molecule has 102 valence electrons. The van der Waals surface area contributed by atoms with E-state index in [-0.39, 0.29) is 5.25 Å². The van der Waals surface area contributed by atoms with Crippen LogP contribution >= 0.6 is 11.8 Å². The van der Waals surface area contributed by atoms with E-state index >= 15 is 0 Å². The highest BCUT2D eigenvalue weighted by molar-refractivity contribution is 7.99. The van der Waals surface area contributed by atoms with E-state index in [2.05, 4.69) is 10.0 Å². The molecule has 0 aliphatic carbocycles. The minimum atomic E-state index is -3.39. The Hall–Kier alpha value is -0.720. The van der Waals surface area contributed by atoms with Crippen LogP contribution in [0.25, 0.3) is 0 Å². The minimum Gasteiger partial charge on any atom is -0.385 e. The van der Waals surface area contributed by atoms with Crippen LogP contribution in [0.3, 0.4) is 0 Å². The maximum Gasteiger partial charge on any atom is 0.240 e. The molecule has 1 aromatic rings. The van der Waals surface area contributed by atoms with Crippen molar-refractivity contribution in [1.29, 1.82) is 0 Å². The number of rotatable bonds is 7. The number of thioether (sulfide) groups is 1. The third-order valence-corrected chi connectivity index (χ3v) is 4.92. The van der Waals surface area contributed by atoms with Crippen molar-refractivity contribution in [2.45, 2.75) is 24.0 Å². The van der Waals surface area contributed by atoms with Crippen LogP contribution in [-0.4, -0.2) is 33.0 Å². The summed E-state index contributed by atoms with van der Waals surface area (Å²) in [5.74, 6) is 0. The quantitative estimate of drug-likeness (QED) is 0.807. The van der Waals surface area contributed by atoms with Crippen LogP contribution in [-0.2, 0) is 10.0 Å². The van der Waals surface area contributed by atoms with Crippen LogP contribution in [0.5, 0.6) is 0 Å². The summed E-state index contributed by atoms with van der Waals surface area (Å²) in [7, 11) is -3.39. The van der Waals surface area contributed by atoms with Gasteiger partial charge in [-0.05, 0) is 37.4 Å². The largest absolute Gasteiger partial charge is 0.385 e. The lowest BCUT2D eigenvalue weighted by Gasteiger charge is -2.11. The van der Waals surface area contributed by atoms with Crippen LogP contribution < -0.4 is 10.0 Å². The molecule has 0 aromatic heterocycles. The van der Waals surface area contributed by atoms with Crippen molar-refractivity contribution in [3.63, 3.8) is 0 Å². The van der Waals surface area contributed by atoms with Gasteiger partial charge in [0.05, 0.1) is 4.90 Å². The lowest BCUT2D eigenvalue weighted by atomic mass is 10.3. The van der Waals surface area contributed by atoms with Gasteiger partial charge >= 0.3 is 0 Å². The van der Waals surface area contributed by atoms with Crippen LogP contribution in [0.15, 0.2) is 29.2 Å². The highest BCUT2D eigenvalue weighted by atomic mass is 32.2. The molecule has 2 N–H and O–H groups in total. The van der Waals surface area contributed by atoms with Gasteiger partial charge in [0.15, 0.2) is 0 Å². The Kier molecular flexibility index (Phi) is 5.98. The van der Waals surface area contributed by atoms with E-state index in [1.165, 1.54) is 0 Å². The molecule has 1 aromatic carbocycles. The molecule has 4 nitrogen and oxygen atoms in total. The Labute approximate surface area is 114 Å². The Morgan fingerprint density at radius 3 is 2.39 bits per heavy atom. The molecular weight excluding hydrogens is 268 g/mol. The number of anilines is 1. The lowest BCUT2D eigenvalue weighted by molar-refractivity contribution is 0.581. The van der Waals surface area contributed by atoms with Crippen molar-refractivity contribution < 1.29 is 8.42 Å². The van der Waals surface area contributed by atoms with Gasteiger partial charge in [-0.3, -0.25) is 0 Å². The van der Waals surface area contributed by atoms with E-state index in [1.54, 1.807) is 36.0 Å². The van der Waals surface area contributed by atoms with Gasteiger partial charge in [-0.1, -0.05) is 6.92 Å². The fraction of sp³-hybridized carbons (Fsp3) is 0.500. The Morgan fingerprint density at radius 1 is 1.28 bits per heavy atom. The highest BCUT2D eigenvalue weighted by Crippen LogP contribution is 2.14. The topological polar surface area (TPSA) is 58.2 Å². The van der Waals surface area contributed by atoms with Crippen molar-refractivity contribution in [1.82, 2.24) is 4.72 Å². The Balaban J connectivity index is 2.72. The molecule has 0 aliphatic heterocycles. The molecular formula is C12H20N2O2S2. The standard InChI is InChI=1S/C12H20N2O2S2/c1-4-13-11-5-7-12(8-6-11)18(15,16)14-9-10(2)17-3/h5-8,10,13-14H,4,9H2,1-3H3. The average Bonchev–Trinajstić information content (AvgIpc) is 2.37. The van der Waals surface area contributed by atoms with E-state index in [1.807, 2.05) is 20.1 Å². The fourth-order valence-electron chi connectivity index (χ4n) is 1.35. The fourth-order valence-corrected chi connectivity index (χ4v) is 2.84. The molecule has 1 atom stereocenters. The van der Waals surface area contributed by atoms with Crippen LogP contribution in [0, 0.1) is 0 Å². The van der Waals surface area contributed by atoms with E-state index in [0.717, 1.165) is 12.2 Å². The minimum absolute atomic E-state index is 0.265. The smallest absolute Gasteiger partial charge is 0.240 e. The molecule has 1 unspecified atom stereocenters. The third-order valence-electron chi connectivity index (χ3n) is 2.51. The van der Waals surface area contributed by atoms with Gasteiger partial charge in [0.1, 0.15) is 0 Å². The molecule has 1 rings (SSSR count). The van der Waals surface area contributed by atoms with Gasteiger partial charge in [0.2, 0.25) is 10.0 Å². The summed E-state index contributed by atoms with van der Waals surface area (Å²) in [4.78, 5) is 0.303. The highest BCUT2D eigenvalue weighted by Gasteiger charge is 2.14. The van der Waals surface area contributed by atoms with E-state index < -0.39 is 10.0 Å². The van der Waals surface area contributed by atoms with Crippen LogP contribution in [0.1, 0.15) is 13.8 Å². The number of benzene rings is 1. The van der Waals surface area contributed by atoms with Gasteiger partial charge in [-0.2, -0.15) is 11.8 Å². The summed E-state index contributed by atoms with van der Waals surface area (Å²) in [6.45, 7) is 5.24.